The summed E-state index contributed by atoms with van der Waals surface area (Å²) < 4.78 is 0. The molecule has 0 atom stereocenters. The van der Waals surface area contributed by atoms with Crippen molar-refractivity contribution in [2.75, 3.05) is 0 Å². The van der Waals surface area contributed by atoms with Crippen molar-refractivity contribution in [1.82, 2.24) is 0 Å². The van der Waals surface area contributed by atoms with Crippen molar-refractivity contribution < 1.29 is 0 Å². The molecule has 18 heavy (non-hydrogen) atoms. The van der Waals surface area contributed by atoms with Crippen LogP contribution in [0.1, 0.15) is 84.0 Å². The van der Waals surface area contributed by atoms with Gasteiger partial charge in [-0.05, 0) is 44.9 Å². The first-order chi connectivity index (χ1) is 8.91. The van der Waals surface area contributed by atoms with Gasteiger partial charge in [-0.3, -0.25) is 0 Å². The van der Waals surface area contributed by atoms with E-state index in [2.05, 4.69) is 38.2 Å². The van der Waals surface area contributed by atoms with E-state index in [9.17, 15) is 0 Å². The molecule has 0 N–H and O–H groups in total. The molecule has 0 nitrogen and oxygen atoms in total. The van der Waals surface area contributed by atoms with Crippen LogP contribution >= 0.6 is 0 Å². The first-order valence-electron chi connectivity index (χ1n) is 8.01. The Bertz CT molecular complexity index is 188. The summed E-state index contributed by atoms with van der Waals surface area (Å²) in [5.74, 6) is 0. The Kier molecular flexibility index (Phi) is 16.0. The highest BCUT2D eigenvalue weighted by atomic mass is 13.9. The van der Waals surface area contributed by atoms with Gasteiger partial charge in [-0.15, -0.1) is 0 Å². The van der Waals surface area contributed by atoms with Crippen molar-refractivity contribution >= 4 is 0 Å². The molecule has 0 aliphatic rings. The second kappa shape index (κ2) is 16.5. The molecule has 0 fully saturated rings. The molecule has 0 spiro atoms. The van der Waals surface area contributed by atoms with E-state index in [-0.39, 0.29) is 0 Å². The van der Waals surface area contributed by atoms with Gasteiger partial charge < -0.3 is 0 Å². The molecule has 0 aliphatic carbocycles. The van der Waals surface area contributed by atoms with Gasteiger partial charge in [-0.2, -0.15) is 0 Å². The normalized spacial score (nSPS) is 11.9. The lowest BCUT2D eigenvalue weighted by atomic mass is 10.1. The summed E-state index contributed by atoms with van der Waals surface area (Å²) in [7, 11) is 0. The highest BCUT2D eigenvalue weighted by molar-refractivity contribution is 4.81. The number of hydrogen-bond donors (Lipinski definition) is 0. The fraction of sp³-hybridized carbons (Fsp3) is 0.722. The zero-order valence-electron chi connectivity index (χ0n) is 12.5. The summed E-state index contributed by atoms with van der Waals surface area (Å²) >= 11 is 0. The Hall–Kier alpha value is -0.520. The van der Waals surface area contributed by atoms with Crippen LogP contribution in [0, 0.1) is 6.92 Å². The Morgan fingerprint density at radius 3 is 1.56 bits per heavy atom. The molecule has 0 aromatic rings. The molecule has 0 aromatic heterocycles. The van der Waals surface area contributed by atoms with Gasteiger partial charge in [0.05, 0.1) is 0 Å². The third-order valence-corrected chi connectivity index (χ3v) is 3.18. The molecular weight excluding hydrogens is 216 g/mol. The van der Waals surface area contributed by atoms with Gasteiger partial charge >= 0.3 is 0 Å². The van der Waals surface area contributed by atoms with Crippen molar-refractivity contribution in [2.45, 2.75) is 84.0 Å². The van der Waals surface area contributed by atoms with E-state index in [0.29, 0.717) is 0 Å². The number of rotatable bonds is 13. The minimum Gasteiger partial charge on any atom is -0.0888 e. The van der Waals surface area contributed by atoms with E-state index >= 15 is 0 Å². The maximum absolute atomic E-state index is 3.86. The summed E-state index contributed by atoms with van der Waals surface area (Å²) in [4.78, 5) is 0. The Morgan fingerprint density at radius 1 is 0.611 bits per heavy atom. The molecular formula is C18H33. The van der Waals surface area contributed by atoms with E-state index in [1.54, 1.807) is 0 Å². The Labute approximate surface area is 116 Å². The topological polar surface area (TPSA) is 0 Å². The predicted octanol–water partition coefficient (Wildman–Crippen LogP) is 6.63. The fourth-order valence-corrected chi connectivity index (χ4v) is 2.01. The summed E-state index contributed by atoms with van der Waals surface area (Å²) in [5.41, 5.74) is 0. The van der Waals surface area contributed by atoms with Crippen molar-refractivity contribution in [3.05, 3.63) is 31.2 Å². The molecule has 1 radical (unpaired) electrons. The summed E-state index contributed by atoms with van der Waals surface area (Å²) in [6.45, 7) is 6.05. The fourth-order valence-electron chi connectivity index (χ4n) is 2.01. The van der Waals surface area contributed by atoms with Crippen molar-refractivity contribution in [3.8, 4) is 0 Å². The molecule has 0 amide bonds. The maximum Gasteiger partial charge on any atom is -0.0351 e. The second-order valence-electron chi connectivity index (χ2n) is 5.05. The van der Waals surface area contributed by atoms with E-state index in [1.807, 2.05) is 0 Å². The Morgan fingerprint density at radius 2 is 1.06 bits per heavy atom. The zero-order valence-corrected chi connectivity index (χ0v) is 12.5. The monoisotopic (exact) mass is 249 g/mol. The minimum absolute atomic E-state index is 1.08. The van der Waals surface area contributed by atoms with Crippen LogP contribution in [0.4, 0.5) is 0 Å². The average Bonchev–Trinajstić information content (AvgIpc) is 2.39. The quantitative estimate of drug-likeness (QED) is 0.254. The van der Waals surface area contributed by atoms with E-state index in [1.165, 1.54) is 70.6 Å². The lowest BCUT2D eigenvalue weighted by Crippen LogP contribution is -1.78. The van der Waals surface area contributed by atoms with Gasteiger partial charge in [0.1, 0.15) is 0 Å². The molecule has 0 saturated carbocycles. The molecule has 0 aromatic carbocycles. The molecule has 0 unspecified atom stereocenters. The van der Waals surface area contributed by atoms with Crippen LogP contribution in [0.2, 0.25) is 0 Å². The van der Waals surface area contributed by atoms with Crippen LogP contribution in [-0.2, 0) is 0 Å². The molecule has 105 valence electrons. The third-order valence-electron chi connectivity index (χ3n) is 3.18. The molecule has 0 aliphatic heterocycles. The second-order valence-corrected chi connectivity index (χ2v) is 5.05. The van der Waals surface area contributed by atoms with Gasteiger partial charge in [0.25, 0.3) is 0 Å². The van der Waals surface area contributed by atoms with Gasteiger partial charge in [-0.1, -0.05) is 70.3 Å². The van der Waals surface area contributed by atoms with Crippen molar-refractivity contribution in [3.63, 3.8) is 0 Å². The standard InChI is InChI=1S/C18H33/c1-3-5-7-9-11-13-15-17-18-16-14-12-10-8-6-4-2/h6,8,11,13H,1,3-5,7,9-10,12,14-18H2,2H3. The number of hydrogen-bond acceptors (Lipinski definition) is 0. The smallest absolute Gasteiger partial charge is 0.0351 e. The molecule has 0 heteroatoms. The van der Waals surface area contributed by atoms with E-state index in [0.717, 1.165) is 6.42 Å². The highest BCUT2D eigenvalue weighted by Crippen LogP contribution is 2.08. The molecule has 0 rings (SSSR count). The first kappa shape index (κ1) is 17.5. The average molecular weight is 249 g/mol. The van der Waals surface area contributed by atoms with Crippen LogP contribution in [0.25, 0.3) is 0 Å². The molecule has 0 heterocycles. The zero-order chi connectivity index (χ0) is 13.3. The minimum atomic E-state index is 1.08. The van der Waals surface area contributed by atoms with Gasteiger partial charge in [-0.25, -0.2) is 0 Å². The largest absolute Gasteiger partial charge is 0.0888 e. The summed E-state index contributed by atoms with van der Waals surface area (Å²) in [5, 5.41) is 0. The van der Waals surface area contributed by atoms with Gasteiger partial charge in [0.15, 0.2) is 0 Å². The van der Waals surface area contributed by atoms with Crippen LogP contribution in [0.15, 0.2) is 24.3 Å². The number of unbranched alkanes of at least 4 members (excludes halogenated alkanes) is 9. The van der Waals surface area contributed by atoms with Crippen LogP contribution in [0.3, 0.4) is 0 Å². The van der Waals surface area contributed by atoms with Crippen LogP contribution in [-0.4, -0.2) is 0 Å². The van der Waals surface area contributed by atoms with Crippen molar-refractivity contribution in [2.24, 2.45) is 0 Å². The molecule has 0 bridgehead atoms. The van der Waals surface area contributed by atoms with Gasteiger partial charge in [0, 0.05) is 0 Å². The SMILES string of the molecule is [CH2]CCCCC=CCCCCCCCC=CCC. The maximum atomic E-state index is 3.86. The lowest BCUT2D eigenvalue weighted by molar-refractivity contribution is 0.621. The lowest BCUT2D eigenvalue weighted by Gasteiger charge is -1.98. The van der Waals surface area contributed by atoms with E-state index in [4.69, 9.17) is 0 Å². The first-order valence-corrected chi connectivity index (χ1v) is 8.01. The third kappa shape index (κ3) is 15.5. The van der Waals surface area contributed by atoms with Crippen LogP contribution in [0.5, 0.6) is 0 Å². The van der Waals surface area contributed by atoms with Crippen molar-refractivity contribution in [1.29, 1.82) is 0 Å². The molecule has 0 saturated heterocycles. The van der Waals surface area contributed by atoms with Crippen LogP contribution < -0.4 is 0 Å². The van der Waals surface area contributed by atoms with E-state index < -0.39 is 0 Å². The summed E-state index contributed by atoms with van der Waals surface area (Å²) in [6.07, 6.45) is 24.9. The highest BCUT2D eigenvalue weighted by Gasteiger charge is 1.89. The predicted molar refractivity (Wildman–Crippen MR) is 84.7 cm³/mol. The summed E-state index contributed by atoms with van der Waals surface area (Å²) in [6, 6.07) is 0. The number of allylic oxidation sites excluding steroid dienone is 4. The van der Waals surface area contributed by atoms with Gasteiger partial charge in [0.2, 0.25) is 0 Å². The Balaban J connectivity index is 3.04.